The molecule has 5 nitrogen and oxygen atoms in total. The highest BCUT2D eigenvalue weighted by Gasteiger charge is 2.33. The lowest BCUT2D eigenvalue weighted by Gasteiger charge is -2.07. The van der Waals surface area contributed by atoms with Crippen molar-refractivity contribution in [2.24, 2.45) is 0 Å². The van der Waals surface area contributed by atoms with Crippen molar-refractivity contribution in [2.45, 2.75) is 0 Å². The number of hydrogen-bond donors (Lipinski definition) is 1. The number of carbonyl (C=O) groups is 3. The van der Waals surface area contributed by atoms with Gasteiger partial charge in [-0.1, -0.05) is 11.6 Å². The molecule has 1 heterocycles. The second-order valence-electron chi connectivity index (χ2n) is 5.01. The molecule has 0 bridgehead atoms. The van der Waals surface area contributed by atoms with Gasteiger partial charge in [-0.2, -0.15) is 0 Å². The van der Waals surface area contributed by atoms with E-state index in [1.54, 1.807) is 0 Å². The van der Waals surface area contributed by atoms with Crippen LogP contribution in [-0.2, 0) is 0 Å². The number of imide groups is 1. The molecule has 0 atom stereocenters. The number of rotatable bonds is 2. The van der Waals surface area contributed by atoms with Crippen molar-refractivity contribution in [3.63, 3.8) is 0 Å². The lowest BCUT2D eigenvalue weighted by Crippen LogP contribution is -2.24. The third-order valence-corrected chi connectivity index (χ3v) is 3.77. The summed E-state index contributed by atoms with van der Waals surface area (Å²) >= 11 is 5.65. The highest BCUT2D eigenvalue weighted by Crippen LogP contribution is 2.24. The number of fused-ring (bicyclic) bond motifs is 1. The van der Waals surface area contributed by atoms with Gasteiger partial charge in [0.05, 0.1) is 16.8 Å². The van der Waals surface area contributed by atoms with Gasteiger partial charge in [0.25, 0.3) is 17.7 Å². The van der Waals surface area contributed by atoms with E-state index in [0.29, 0.717) is 0 Å². The van der Waals surface area contributed by atoms with Crippen LogP contribution >= 0.6 is 11.6 Å². The molecule has 0 saturated heterocycles. The Bertz CT molecular complexity index is 866. The van der Waals surface area contributed by atoms with E-state index in [1.807, 2.05) is 0 Å². The predicted molar refractivity (Wildman–Crippen MR) is 82.2 cm³/mol. The molecule has 1 N–H and O–H groups in total. The number of carbonyl (C=O) groups excluding carboxylic acids is 3. The molecule has 0 fully saturated rings. The summed E-state index contributed by atoms with van der Waals surface area (Å²) in [5.41, 5.74) is 0.516. The van der Waals surface area contributed by atoms with E-state index in [1.165, 1.54) is 37.4 Å². The van der Waals surface area contributed by atoms with Crippen molar-refractivity contribution < 1.29 is 18.8 Å². The molecular formula is C16H10ClFN2O3. The van der Waals surface area contributed by atoms with Crippen LogP contribution in [-0.4, -0.2) is 29.7 Å². The van der Waals surface area contributed by atoms with Crippen molar-refractivity contribution in [3.8, 4) is 0 Å². The first-order chi connectivity index (χ1) is 10.9. The maximum Gasteiger partial charge on any atom is 0.261 e. The van der Waals surface area contributed by atoms with Crippen molar-refractivity contribution in [2.75, 3.05) is 12.4 Å². The van der Waals surface area contributed by atoms with Gasteiger partial charge < -0.3 is 5.32 Å². The van der Waals surface area contributed by atoms with E-state index >= 15 is 0 Å². The average Bonchev–Trinajstić information content (AvgIpc) is 2.74. The number of amides is 3. The fourth-order valence-electron chi connectivity index (χ4n) is 2.29. The molecule has 23 heavy (non-hydrogen) atoms. The molecule has 0 spiro atoms. The predicted octanol–water partition coefficient (Wildman–Crippen LogP) is 2.96. The van der Waals surface area contributed by atoms with E-state index in [-0.39, 0.29) is 27.4 Å². The van der Waals surface area contributed by atoms with Crippen LogP contribution in [0.2, 0.25) is 5.02 Å². The summed E-state index contributed by atoms with van der Waals surface area (Å²) in [7, 11) is 1.37. The van der Waals surface area contributed by atoms with Gasteiger partial charge in [-0.05, 0) is 36.4 Å². The second kappa shape index (κ2) is 5.48. The summed E-state index contributed by atoms with van der Waals surface area (Å²) in [4.78, 5) is 36.9. The zero-order chi connectivity index (χ0) is 16.7. The Hall–Kier alpha value is -2.73. The minimum atomic E-state index is -0.669. The number of nitrogens with one attached hydrogen (secondary N) is 1. The Morgan fingerprint density at radius 1 is 1.09 bits per heavy atom. The average molecular weight is 333 g/mol. The quantitative estimate of drug-likeness (QED) is 0.860. The van der Waals surface area contributed by atoms with Gasteiger partial charge >= 0.3 is 0 Å². The van der Waals surface area contributed by atoms with Gasteiger partial charge in [0.2, 0.25) is 0 Å². The molecule has 2 aromatic carbocycles. The van der Waals surface area contributed by atoms with Crippen LogP contribution in [0, 0.1) is 5.82 Å². The van der Waals surface area contributed by atoms with Crippen LogP contribution in [0.15, 0.2) is 36.4 Å². The molecule has 1 aliphatic heterocycles. The third kappa shape index (κ3) is 2.57. The number of halogens is 2. The van der Waals surface area contributed by atoms with E-state index < -0.39 is 23.5 Å². The topological polar surface area (TPSA) is 66.5 Å². The minimum Gasteiger partial charge on any atom is -0.319 e. The van der Waals surface area contributed by atoms with Gasteiger partial charge in [0, 0.05) is 17.6 Å². The monoisotopic (exact) mass is 332 g/mol. The summed E-state index contributed by atoms with van der Waals surface area (Å²) < 4.78 is 13.7. The lowest BCUT2D eigenvalue weighted by atomic mass is 10.1. The maximum absolute atomic E-state index is 13.7. The molecule has 0 aliphatic carbocycles. The number of benzene rings is 2. The fraction of sp³-hybridized carbons (Fsp3) is 0.0625. The molecule has 0 aromatic heterocycles. The van der Waals surface area contributed by atoms with Crippen LogP contribution in [0.1, 0.15) is 31.1 Å². The van der Waals surface area contributed by atoms with Crippen molar-refractivity contribution in [1.29, 1.82) is 0 Å². The van der Waals surface area contributed by atoms with Crippen LogP contribution in [0.5, 0.6) is 0 Å². The Balaban J connectivity index is 1.90. The standard InChI is InChI=1S/C16H10ClFN2O3/c1-20-15(22)10-4-2-8(6-11(10)16(20)23)14(21)19-13-5-3-9(17)7-12(13)18/h2-7H,1H3,(H,19,21). The van der Waals surface area contributed by atoms with E-state index in [2.05, 4.69) is 5.32 Å². The molecule has 1 aliphatic rings. The zero-order valence-electron chi connectivity index (χ0n) is 11.9. The fourth-order valence-corrected chi connectivity index (χ4v) is 2.45. The highest BCUT2D eigenvalue weighted by molar-refractivity contribution is 6.30. The van der Waals surface area contributed by atoms with Gasteiger partial charge in [-0.3, -0.25) is 19.3 Å². The first-order valence-corrected chi connectivity index (χ1v) is 6.99. The van der Waals surface area contributed by atoms with E-state index in [0.717, 1.165) is 11.0 Å². The van der Waals surface area contributed by atoms with E-state index in [4.69, 9.17) is 11.6 Å². The number of hydrogen-bond acceptors (Lipinski definition) is 3. The summed E-state index contributed by atoms with van der Waals surface area (Å²) in [5.74, 6) is -2.15. The van der Waals surface area contributed by atoms with Gasteiger partial charge in [0.15, 0.2) is 0 Å². The Morgan fingerprint density at radius 2 is 1.78 bits per heavy atom. The van der Waals surface area contributed by atoms with Crippen molar-refractivity contribution in [3.05, 3.63) is 63.9 Å². The summed E-state index contributed by atoms with van der Waals surface area (Å²) in [6.45, 7) is 0. The van der Waals surface area contributed by atoms with Crippen LogP contribution in [0.25, 0.3) is 0 Å². The summed E-state index contributed by atoms with van der Waals surface area (Å²) in [6, 6.07) is 8.00. The molecule has 2 aromatic rings. The Kier molecular flexibility index (Phi) is 3.61. The number of anilines is 1. The summed E-state index contributed by atoms with van der Waals surface area (Å²) in [5, 5.41) is 2.61. The normalized spacial score (nSPS) is 13.3. The van der Waals surface area contributed by atoms with Crippen LogP contribution < -0.4 is 5.32 Å². The maximum atomic E-state index is 13.7. The molecule has 116 valence electrons. The van der Waals surface area contributed by atoms with Gasteiger partial charge in [0.1, 0.15) is 5.82 Å². The van der Waals surface area contributed by atoms with Crippen LogP contribution in [0.3, 0.4) is 0 Å². The SMILES string of the molecule is CN1C(=O)c2ccc(C(=O)Nc3ccc(Cl)cc3F)cc2C1=O. The van der Waals surface area contributed by atoms with Gasteiger partial charge in [-0.25, -0.2) is 4.39 Å². The highest BCUT2D eigenvalue weighted by atomic mass is 35.5. The molecule has 3 rings (SSSR count). The van der Waals surface area contributed by atoms with Crippen molar-refractivity contribution >= 4 is 35.0 Å². The molecule has 7 heteroatoms. The Morgan fingerprint density at radius 3 is 2.48 bits per heavy atom. The van der Waals surface area contributed by atoms with Gasteiger partial charge in [-0.15, -0.1) is 0 Å². The lowest BCUT2D eigenvalue weighted by molar-refractivity contribution is 0.0693. The zero-order valence-corrected chi connectivity index (χ0v) is 12.6. The first kappa shape index (κ1) is 15.2. The molecule has 0 unspecified atom stereocenters. The minimum absolute atomic E-state index is 0.0283. The van der Waals surface area contributed by atoms with E-state index in [9.17, 15) is 18.8 Å². The molecule has 0 saturated carbocycles. The third-order valence-electron chi connectivity index (χ3n) is 3.53. The largest absolute Gasteiger partial charge is 0.319 e. The Labute approximate surface area is 135 Å². The van der Waals surface area contributed by atoms with Crippen molar-refractivity contribution in [1.82, 2.24) is 4.90 Å². The molecule has 0 radical (unpaired) electrons. The molecular weight excluding hydrogens is 323 g/mol. The first-order valence-electron chi connectivity index (χ1n) is 6.61. The summed E-state index contributed by atoms with van der Waals surface area (Å²) in [6.07, 6.45) is 0. The molecule has 3 amide bonds. The second-order valence-corrected chi connectivity index (χ2v) is 5.44. The van der Waals surface area contributed by atoms with Crippen LogP contribution in [0.4, 0.5) is 10.1 Å². The number of nitrogens with zero attached hydrogens (tertiary/aromatic N) is 1. The smallest absolute Gasteiger partial charge is 0.261 e.